The summed E-state index contributed by atoms with van der Waals surface area (Å²) in [7, 11) is 0. The second kappa shape index (κ2) is 7.97. The number of carboxylic acids is 1. The molecule has 1 aromatic carbocycles. The van der Waals surface area contributed by atoms with Crippen molar-refractivity contribution in [2.45, 2.75) is 31.9 Å². The summed E-state index contributed by atoms with van der Waals surface area (Å²) < 4.78 is 55.2. The van der Waals surface area contributed by atoms with Crippen LogP contribution in [0.25, 0.3) is 0 Å². The molecule has 0 radical (unpaired) electrons. The Morgan fingerprint density at radius 2 is 1.89 bits per heavy atom. The minimum atomic E-state index is -4.80. The topological polar surface area (TPSA) is 70.1 Å². The van der Waals surface area contributed by atoms with Crippen LogP contribution >= 0.6 is 23.2 Å². The van der Waals surface area contributed by atoms with E-state index in [9.17, 15) is 27.2 Å². The first-order chi connectivity index (χ1) is 12.5. The van der Waals surface area contributed by atoms with Gasteiger partial charge in [-0.15, -0.1) is 0 Å². The molecule has 0 unspecified atom stereocenters. The number of aliphatic carboxylic acids is 1. The van der Waals surface area contributed by atoms with Crippen molar-refractivity contribution < 1.29 is 37.0 Å². The number of anilines is 1. The van der Waals surface area contributed by atoms with E-state index in [-0.39, 0.29) is 23.8 Å². The van der Waals surface area contributed by atoms with Crippen LogP contribution in [0, 0.1) is 0 Å². The third kappa shape index (κ3) is 4.49. The van der Waals surface area contributed by atoms with E-state index >= 15 is 0 Å². The molecule has 27 heavy (non-hydrogen) atoms. The summed E-state index contributed by atoms with van der Waals surface area (Å²) in [5.74, 6) is -2.02. The number of hydrogen-bond donors (Lipinski definition) is 1. The van der Waals surface area contributed by atoms with E-state index in [1.807, 2.05) is 0 Å². The fraction of sp³-hybridized carbons (Fsp3) is 0.467. The Morgan fingerprint density at radius 1 is 1.26 bits per heavy atom. The molecule has 12 heteroatoms. The zero-order chi connectivity index (χ0) is 20.5. The largest absolute Gasteiger partial charge is 0.480 e. The molecule has 0 aromatic heterocycles. The van der Waals surface area contributed by atoms with Crippen LogP contribution < -0.4 is 9.64 Å². The average Bonchev–Trinajstić information content (AvgIpc) is 2.57. The number of carbonyl (C=O) groups excluding carboxylic acids is 1. The van der Waals surface area contributed by atoms with Crippen molar-refractivity contribution >= 4 is 40.9 Å². The van der Waals surface area contributed by atoms with Crippen molar-refractivity contribution in [1.29, 1.82) is 0 Å². The Bertz CT molecular complexity index is 751. The highest BCUT2D eigenvalue weighted by Gasteiger charge is 2.44. The first-order valence-corrected chi connectivity index (χ1v) is 8.36. The number of benzene rings is 1. The summed E-state index contributed by atoms with van der Waals surface area (Å²) in [6, 6.07) is -0.0483. The van der Waals surface area contributed by atoms with Gasteiger partial charge in [-0.2, -0.15) is 17.6 Å². The van der Waals surface area contributed by atoms with Gasteiger partial charge in [-0.3, -0.25) is 4.90 Å². The lowest BCUT2D eigenvalue weighted by Gasteiger charge is -2.38. The predicted octanol–water partition coefficient (Wildman–Crippen LogP) is 4.34. The maximum atomic E-state index is 13.2. The summed E-state index contributed by atoms with van der Waals surface area (Å²) in [6.45, 7) is 1.58. The van der Waals surface area contributed by atoms with E-state index in [0.717, 1.165) is 21.9 Å². The number of nitrogens with zero attached hydrogens (tertiary/aromatic N) is 2. The molecule has 1 saturated heterocycles. The molecule has 0 aliphatic carbocycles. The summed E-state index contributed by atoms with van der Waals surface area (Å²) in [4.78, 5) is 25.9. The van der Waals surface area contributed by atoms with Gasteiger partial charge in [-0.25, -0.2) is 9.59 Å². The van der Waals surface area contributed by atoms with Gasteiger partial charge in [0.25, 0.3) is 0 Å². The third-order valence-corrected chi connectivity index (χ3v) is 4.47. The molecule has 1 N–H and O–H groups in total. The van der Waals surface area contributed by atoms with Crippen molar-refractivity contribution in [3.05, 3.63) is 22.2 Å². The zero-order valence-corrected chi connectivity index (χ0v) is 15.3. The number of ether oxygens (including phenoxy) is 1. The lowest BCUT2D eigenvalue weighted by Crippen LogP contribution is -2.54. The molecule has 1 fully saturated rings. The molecule has 1 aliphatic rings. The normalized spacial score (nSPS) is 16.7. The zero-order valence-electron chi connectivity index (χ0n) is 13.8. The van der Waals surface area contributed by atoms with Crippen LogP contribution in [0.5, 0.6) is 5.75 Å². The van der Waals surface area contributed by atoms with Crippen molar-refractivity contribution in [2.75, 3.05) is 18.0 Å². The van der Waals surface area contributed by atoms with Crippen molar-refractivity contribution in [3.63, 3.8) is 0 Å². The van der Waals surface area contributed by atoms with Crippen molar-refractivity contribution in [3.8, 4) is 5.75 Å². The fourth-order valence-corrected chi connectivity index (χ4v) is 2.98. The minimum absolute atomic E-state index is 0.105. The molecule has 1 heterocycles. The number of amides is 2. The van der Waals surface area contributed by atoms with Crippen LogP contribution in [0.4, 0.5) is 28.0 Å². The highest BCUT2D eigenvalue weighted by atomic mass is 35.5. The highest BCUT2D eigenvalue weighted by molar-refractivity contribution is 6.37. The monoisotopic (exact) mass is 432 g/mol. The van der Waals surface area contributed by atoms with E-state index in [0.29, 0.717) is 6.42 Å². The SMILES string of the molecule is C[C@@H](C(=O)O)N1CCCN(c2cc(OC(F)(F)C(F)F)c(Cl)cc2Cl)C1=O. The molecular formula is C15H14Cl2F4N2O4. The van der Waals surface area contributed by atoms with Crippen LogP contribution in [0.15, 0.2) is 12.1 Å². The number of alkyl halides is 4. The second-order valence-electron chi connectivity index (χ2n) is 5.69. The quantitative estimate of drug-likeness (QED) is 0.678. The van der Waals surface area contributed by atoms with Crippen molar-refractivity contribution in [1.82, 2.24) is 4.90 Å². The molecule has 0 bridgehead atoms. The van der Waals surface area contributed by atoms with E-state index in [4.69, 9.17) is 28.3 Å². The van der Waals surface area contributed by atoms with E-state index in [1.165, 1.54) is 6.92 Å². The molecule has 0 saturated carbocycles. The van der Waals surface area contributed by atoms with Crippen LogP contribution in [0.1, 0.15) is 13.3 Å². The van der Waals surface area contributed by atoms with Gasteiger partial charge in [0.15, 0.2) is 0 Å². The lowest BCUT2D eigenvalue weighted by atomic mass is 10.2. The molecule has 6 nitrogen and oxygen atoms in total. The van der Waals surface area contributed by atoms with E-state index in [1.54, 1.807) is 0 Å². The number of carbonyl (C=O) groups is 2. The molecule has 2 rings (SSSR count). The van der Waals surface area contributed by atoms with Gasteiger partial charge in [0.1, 0.15) is 11.8 Å². The van der Waals surface area contributed by atoms with Gasteiger partial charge in [0.05, 0.1) is 15.7 Å². The summed E-state index contributed by atoms with van der Waals surface area (Å²) in [5.41, 5.74) is -0.117. The Balaban J connectivity index is 2.38. The Hall–Kier alpha value is -1.94. The van der Waals surface area contributed by atoms with Gasteiger partial charge in [-0.1, -0.05) is 23.2 Å². The molecule has 1 atom stereocenters. The summed E-state index contributed by atoms with van der Waals surface area (Å²) in [5, 5.41) is 8.52. The minimum Gasteiger partial charge on any atom is -0.480 e. The average molecular weight is 433 g/mol. The molecular weight excluding hydrogens is 419 g/mol. The summed E-state index contributed by atoms with van der Waals surface area (Å²) >= 11 is 11.7. The predicted molar refractivity (Wildman–Crippen MR) is 89.2 cm³/mol. The van der Waals surface area contributed by atoms with Crippen LogP contribution in [0.2, 0.25) is 10.0 Å². The number of hydrogen-bond acceptors (Lipinski definition) is 3. The highest BCUT2D eigenvalue weighted by Crippen LogP contribution is 2.40. The number of rotatable bonds is 6. The Morgan fingerprint density at radius 3 is 2.44 bits per heavy atom. The van der Waals surface area contributed by atoms with Gasteiger partial charge in [-0.05, 0) is 19.4 Å². The standard InChI is InChI=1S/C15H14Cl2F4N2O4/c1-7(12(24)25)22-3-2-4-23(14(22)26)10-6-11(9(17)5-8(10)16)27-15(20,21)13(18)19/h5-7,13H,2-4H2,1H3,(H,24,25)/t7-/m0/s1. The van der Waals surface area contributed by atoms with Crippen LogP contribution in [0.3, 0.4) is 0 Å². The smallest absolute Gasteiger partial charge is 0.461 e. The van der Waals surface area contributed by atoms with E-state index < -0.39 is 41.3 Å². The molecule has 150 valence electrons. The molecule has 2 amide bonds. The second-order valence-corrected chi connectivity index (χ2v) is 6.51. The third-order valence-electron chi connectivity index (χ3n) is 3.87. The maximum absolute atomic E-state index is 13.2. The Labute approximate surface area is 161 Å². The molecule has 1 aromatic rings. The van der Waals surface area contributed by atoms with Gasteiger partial charge >= 0.3 is 24.5 Å². The Kier molecular flexibility index (Phi) is 6.31. The van der Waals surface area contributed by atoms with Crippen molar-refractivity contribution in [2.24, 2.45) is 0 Å². The van der Waals surface area contributed by atoms with Crippen LogP contribution in [-0.4, -0.2) is 53.7 Å². The first-order valence-electron chi connectivity index (χ1n) is 7.60. The molecule has 0 spiro atoms. The number of carboxylic acid groups (broad SMARTS) is 1. The first kappa shape index (κ1) is 21.4. The van der Waals surface area contributed by atoms with Gasteiger partial charge in [0.2, 0.25) is 0 Å². The van der Waals surface area contributed by atoms with Gasteiger partial charge < -0.3 is 14.7 Å². The summed E-state index contributed by atoms with van der Waals surface area (Å²) in [6.07, 6.45) is -8.54. The van der Waals surface area contributed by atoms with Gasteiger partial charge in [0, 0.05) is 19.2 Å². The fourth-order valence-electron chi connectivity index (χ4n) is 2.46. The lowest BCUT2D eigenvalue weighted by molar-refractivity contribution is -0.253. The van der Waals surface area contributed by atoms with Crippen LogP contribution in [-0.2, 0) is 4.79 Å². The maximum Gasteiger partial charge on any atom is 0.461 e. The number of urea groups is 1. The van der Waals surface area contributed by atoms with E-state index in [2.05, 4.69) is 4.74 Å². The number of halogens is 6. The molecule has 1 aliphatic heterocycles.